The average molecular weight is 533 g/mol. The zero-order chi connectivity index (χ0) is 19.2. The first-order valence-corrected chi connectivity index (χ1v) is 9.86. The van der Waals surface area contributed by atoms with Gasteiger partial charge in [-0.1, -0.05) is 0 Å². The Morgan fingerprint density at radius 3 is 1.72 bits per heavy atom. The fraction of sp³-hybridized carbons (Fsp3) is 0.167. The van der Waals surface area contributed by atoms with E-state index in [0.29, 0.717) is 20.4 Å². The van der Waals surface area contributed by atoms with Gasteiger partial charge in [-0.05, 0) is 56.1 Å². The van der Waals surface area contributed by atoms with Crippen molar-refractivity contribution < 1.29 is 34.8 Å². The van der Waals surface area contributed by atoms with Crippen LogP contribution in [-0.4, -0.2) is 8.42 Å². The zero-order valence-corrected chi connectivity index (χ0v) is 16.3. The first-order chi connectivity index (χ1) is 11.2. The summed E-state index contributed by atoms with van der Waals surface area (Å²) in [7, 11) is -4.37. The molecule has 0 saturated carbocycles. The first kappa shape index (κ1) is 20.5. The number of hydrogen-bond acceptors (Lipinski definition) is 3. The number of anilines is 1. The van der Waals surface area contributed by atoms with E-state index in [-0.39, 0.29) is 10.3 Å². The number of nitrogens with one attached hydrogen (secondary N) is 1. The van der Waals surface area contributed by atoms with Crippen LogP contribution >= 0.6 is 43.2 Å². The third-order valence-corrected chi connectivity index (χ3v) is 7.84. The summed E-state index contributed by atoms with van der Waals surface area (Å²) in [5.74, 6) is 0. The number of halogens is 8. The summed E-state index contributed by atoms with van der Waals surface area (Å²) in [4.78, 5) is 0. The molecule has 0 aliphatic rings. The Hall–Kier alpha value is -0.790. The van der Waals surface area contributed by atoms with E-state index in [1.165, 1.54) is 0 Å². The van der Waals surface area contributed by atoms with Crippen LogP contribution in [0.15, 0.2) is 36.7 Å². The van der Waals surface area contributed by atoms with Crippen LogP contribution in [0.5, 0.6) is 0 Å². The van der Waals surface area contributed by atoms with Crippen LogP contribution in [0.2, 0.25) is 0 Å². The molecule has 0 bridgehead atoms. The molecule has 1 heterocycles. The standard InChI is InChI=1S/C12H5Br2F6NO2S2/c13-8-4-9(24-10(8)14)25(22,23)21-7-2-5(11(15,16)17)1-6(3-7)12(18,19)20/h1-4,21H. The highest BCUT2D eigenvalue weighted by Gasteiger charge is 2.37. The molecule has 25 heavy (non-hydrogen) atoms. The highest BCUT2D eigenvalue weighted by atomic mass is 79.9. The molecule has 13 heteroatoms. The monoisotopic (exact) mass is 531 g/mol. The van der Waals surface area contributed by atoms with E-state index in [9.17, 15) is 34.8 Å². The van der Waals surface area contributed by atoms with Crippen molar-refractivity contribution >= 4 is 58.9 Å². The lowest BCUT2D eigenvalue weighted by atomic mass is 10.1. The molecule has 0 atom stereocenters. The van der Waals surface area contributed by atoms with Gasteiger partial charge in [0.2, 0.25) is 0 Å². The largest absolute Gasteiger partial charge is 0.416 e. The van der Waals surface area contributed by atoms with Crippen LogP contribution in [0.4, 0.5) is 32.0 Å². The summed E-state index contributed by atoms with van der Waals surface area (Å²) in [5, 5.41) is 0. The Bertz CT molecular complexity index is 854. The van der Waals surface area contributed by atoms with Gasteiger partial charge in [-0.15, -0.1) is 11.3 Å². The number of alkyl halides is 6. The van der Waals surface area contributed by atoms with Crippen molar-refractivity contribution in [2.24, 2.45) is 0 Å². The first-order valence-electron chi connectivity index (χ1n) is 5.97. The van der Waals surface area contributed by atoms with Crippen molar-refractivity contribution in [2.75, 3.05) is 4.72 Å². The third kappa shape index (κ3) is 4.89. The number of thiophene rings is 1. The van der Waals surface area contributed by atoms with E-state index in [2.05, 4.69) is 31.9 Å². The molecular weight excluding hydrogens is 528 g/mol. The van der Waals surface area contributed by atoms with E-state index in [0.717, 1.165) is 17.4 Å². The van der Waals surface area contributed by atoms with E-state index in [1.807, 2.05) is 0 Å². The van der Waals surface area contributed by atoms with Crippen LogP contribution in [0.1, 0.15) is 11.1 Å². The minimum atomic E-state index is -5.07. The number of sulfonamides is 1. The van der Waals surface area contributed by atoms with Gasteiger partial charge in [-0.25, -0.2) is 8.42 Å². The molecule has 0 radical (unpaired) electrons. The van der Waals surface area contributed by atoms with Gasteiger partial charge in [0.05, 0.1) is 20.6 Å². The Morgan fingerprint density at radius 1 is 0.880 bits per heavy atom. The van der Waals surface area contributed by atoms with Crippen molar-refractivity contribution in [3.05, 3.63) is 43.7 Å². The Kier molecular flexibility index (Phi) is 5.53. The molecule has 1 N–H and O–H groups in total. The quantitative estimate of drug-likeness (QED) is 0.485. The second kappa shape index (κ2) is 6.74. The molecule has 3 nitrogen and oxygen atoms in total. The molecule has 0 aliphatic heterocycles. The second-order valence-electron chi connectivity index (χ2n) is 4.59. The van der Waals surface area contributed by atoms with Gasteiger partial charge in [0.15, 0.2) is 0 Å². The summed E-state index contributed by atoms with van der Waals surface area (Å²) >= 11 is 6.83. The van der Waals surface area contributed by atoms with Gasteiger partial charge in [0.1, 0.15) is 4.21 Å². The van der Waals surface area contributed by atoms with Gasteiger partial charge in [0.25, 0.3) is 10.0 Å². The van der Waals surface area contributed by atoms with E-state index in [1.54, 1.807) is 4.72 Å². The van der Waals surface area contributed by atoms with Crippen molar-refractivity contribution in [1.82, 2.24) is 0 Å². The van der Waals surface area contributed by atoms with Crippen molar-refractivity contribution in [3.8, 4) is 0 Å². The van der Waals surface area contributed by atoms with Gasteiger partial charge in [-0.3, -0.25) is 4.72 Å². The predicted molar refractivity (Wildman–Crippen MR) is 87.0 cm³/mol. The lowest BCUT2D eigenvalue weighted by Crippen LogP contribution is -2.15. The van der Waals surface area contributed by atoms with Gasteiger partial charge >= 0.3 is 12.4 Å². The number of benzene rings is 1. The SMILES string of the molecule is O=S(=O)(Nc1cc(C(F)(F)F)cc(C(F)(F)F)c1)c1cc(Br)c(Br)s1. The highest BCUT2D eigenvalue weighted by molar-refractivity contribution is 9.13. The second-order valence-corrected chi connectivity index (χ2v) is 9.72. The summed E-state index contributed by atoms with van der Waals surface area (Å²) < 4.78 is 103. The van der Waals surface area contributed by atoms with Crippen LogP contribution in [0.25, 0.3) is 0 Å². The Morgan fingerprint density at radius 2 is 1.36 bits per heavy atom. The maximum absolute atomic E-state index is 12.8. The van der Waals surface area contributed by atoms with E-state index < -0.39 is 39.2 Å². The average Bonchev–Trinajstić information content (AvgIpc) is 2.77. The molecule has 0 fully saturated rings. The van der Waals surface area contributed by atoms with Gasteiger partial charge in [-0.2, -0.15) is 26.3 Å². The van der Waals surface area contributed by atoms with E-state index in [4.69, 9.17) is 0 Å². The molecule has 138 valence electrons. The van der Waals surface area contributed by atoms with Crippen LogP contribution in [-0.2, 0) is 22.4 Å². The van der Waals surface area contributed by atoms with Crippen molar-refractivity contribution in [2.45, 2.75) is 16.6 Å². The van der Waals surface area contributed by atoms with Crippen LogP contribution in [0, 0.1) is 0 Å². The zero-order valence-electron chi connectivity index (χ0n) is 11.5. The molecular formula is C12H5Br2F6NO2S2. The number of hydrogen-bond donors (Lipinski definition) is 1. The fourth-order valence-corrected chi connectivity index (χ4v) is 5.54. The third-order valence-electron chi connectivity index (χ3n) is 2.73. The van der Waals surface area contributed by atoms with Crippen molar-refractivity contribution in [1.29, 1.82) is 0 Å². The molecule has 2 aromatic rings. The molecule has 0 unspecified atom stereocenters. The molecule has 1 aromatic carbocycles. The minimum Gasteiger partial charge on any atom is -0.279 e. The van der Waals surface area contributed by atoms with Crippen LogP contribution < -0.4 is 4.72 Å². The summed E-state index contributed by atoms with van der Waals surface area (Å²) in [6, 6.07) is 1.67. The lowest BCUT2D eigenvalue weighted by molar-refractivity contribution is -0.143. The normalized spacial score (nSPS) is 13.1. The summed E-state index contributed by atoms with van der Waals surface area (Å²) in [5.41, 5.74) is -4.08. The Labute approximate surface area is 158 Å². The van der Waals surface area contributed by atoms with Gasteiger partial charge in [0, 0.05) is 4.47 Å². The molecule has 2 rings (SSSR count). The predicted octanol–water partition coefficient (Wildman–Crippen LogP) is 6.11. The van der Waals surface area contributed by atoms with Crippen LogP contribution in [0.3, 0.4) is 0 Å². The highest BCUT2D eigenvalue weighted by Crippen LogP contribution is 2.39. The molecule has 1 aromatic heterocycles. The van der Waals surface area contributed by atoms with E-state index >= 15 is 0 Å². The maximum atomic E-state index is 12.8. The summed E-state index contributed by atoms with van der Waals surface area (Å²) in [6.45, 7) is 0. The fourth-order valence-electron chi connectivity index (χ4n) is 1.68. The molecule has 0 spiro atoms. The molecule has 0 saturated heterocycles. The summed E-state index contributed by atoms with van der Waals surface area (Å²) in [6.07, 6.45) is -10.1. The number of rotatable bonds is 3. The lowest BCUT2D eigenvalue weighted by Gasteiger charge is -2.15. The minimum absolute atomic E-state index is 0.0872. The smallest absolute Gasteiger partial charge is 0.279 e. The molecule has 0 aliphatic carbocycles. The Balaban J connectivity index is 2.51. The maximum Gasteiger partial charge on any atom is 0.416 e. The molecule has 0 amide bonds. The van der Waals surface area contributed by atoms with Crippen molar-refractivity contribution in [3.63, 3.8) is 0 Å². The topological polar surface area (TPSA) is 46.2 Å². The van der Waals surface area contributed by atoms with Gasteiger partial charge < -0.3 is 0 Å².